The average molecular weight is 376 g/mol. The van der Waals surface area contributed by atoms with Gasteiger partial charge < -0.3 is 14.4 Å². The van der Waals surface area contributed by atoms with Crippen molar-refractivity contribution in [3.8, 4) is 28.7 Å². The largest absolute Gasteiger partial charge is 0.496 e. The molecule has 28 heavy (non-hydrogen) atoms. The minimum Gasteiger partial charge on any atom is -0.496 e. The number of nitrogens with zero attached hydrogens (tertiary/aromatic N) is 2. The molecule has 0 saturated carbocycles. The third-order valence-electron chi connectivity index (χ3n) is 5.05. The molecule has 1 aliphatic heterocycles. The number of nitriles is 1. The summed E-state index contributed by atoms with van der Waals surface area (Å²) >= 11 is 0. The van der Waals surface area contributed by atoms with Crippen molar-refractivity contribution in [2.24, 2.45) is 5.92 Å². The van der Waals surface area contributed by atoms with E-state index in [-0.39, 0.29) is 17.9 Å². The average Bonchev–Trinajstić information content (AvgIpc) is 2.74. The second kappa shape index (κ2) is 8.62. The molecule has 2 aromatic rings. The van der Waals surface area contributed by atoms with Gasteiger partial charge in [-0.15, -0.1) is 0 Å². The maximum Gasteiger partial charge on any atom is 0.245 e. The van der Waals surface area contributed by atoms with E-state index in [1.54, 1.807) is 18.1 Å². The first kappa shape index (κ1) is 19.5. The Morgan fingerprint density at radius 1 is 1.32 bits per heavy atom. The quantitative estimate of drug-likeness (QED) is 0.739. The highest BCUT2D eigenvalue weighted by atomic mass is 16.5. The van der Waals surface area contributed by atoms with Gasteiger partial charge in [0, 0.05) is 31.0 Å². The van der Waals surface area contributed by atoms with E-state index in [4.69, 9.17) is 9.47 Å². The van der Waals surface area contributed by atoms with Crippen molar-refractivity contribution in [2.45, 2.75) is 19.4 Å². The summed E-state index contributed by atoms with van der Waals surface area (Å²) in [6, 6.07) is 15.4. The van der Waals surface area contributed by atoms with Crippen molar-refractivity contribution in [1.82, 2.24) is 4.90 Å². The van der Waals surface area contributed by atoms with E-state index in [0.29, 0.717) is 24.4 Å². The minimum atomic E-state index is -0.0461. The molecule has 5 nitrogen and oxygen atoms in total. The molecule has 1 saturated heterocycles. The normalized spacial score (nSPS) is 18.8. The number of methoxy groups -OCH3 is 1. The molecular weight excluding hydrogens is 352 g/mol. The Labute approximate surface area is 165 Å². The summed E-state index contributed by atoms with van der Waals surface area (Å²) in [7, 11) is 1.63. The number of para-hydroxylation sites is 1. The summed E-state index contributed by atoms with van der Waals surface area (Å²) in [6.07, 6.45) is 2.07. The fraction of sp³-hybridized carbons (Fsp3) is 0.304. The number of carbonyl (C=O) groups is 1. The zero-order valence-corrected chi connectivity index (χ0v) is 16.2. The molecule has 0 bridgehead atoms. The number of ether oxygens (including phenoxy) is 2. The summed E-state index contributed by atoms with van der Waals surface area (Å²) in [5.74, 6) is 1.53. The molecule has 3 rings (SSSR count). The van der Waals surface area contributed by atoms with Gasteiger partial charge in [-0.2, -0.15) is 5.26 Å². The highest BCUT2D eigenvalue weighted by Gasteiger charge is 2.29. The predicted molar refractivity (Wildman–Crippen MR) is 108 cm³/mol. The second-order valence-corrected chi connectivity index (χ2v) is 6.97. The van der Waals surface area contributed by atoms with Gasteiger partial charge in [-0.1, -0.05) is 31.7 Å². The van der Waals surface area contributed by atoms with Gasteiger partial charge in [0.1, 0.15) is 17.6 Å². The molecule has 1 amide bonds. The van der Waals surface area contributed by atoms with E-state index in [1.807, 2.05) is 36.4 Å². The van der Waals surface area contributed by atoms with Crippen LogP contribution in [0.4, 0.5) is 0 Å². The summed E-state index contributed by atoms with van der Waals surface area (Å²) in [5.41, 5.74) is 2.31. The van der Waals surface area contributed by atoms with Crippen molar-refractivity contribution in [3.63, 3.8) is 0 Å². The summed E-state index contributed by atoms with van der Waals surface area (Å²) in [4.78, 5) is 13.6. The zero-order chi connectivity index (χ0) is 20.1. The molecule has 1 aliphatic rings. The van der Waals surface area contributed by atoms with Gasteiger partial charge in [0.2, 0.25) is 5.91 Å². The van der Waals surface area contributed by atoms with Gasteiger partial charge in [-0.25, -0.2) is 0 Å². The van der Waals surface area contributed by atoms with E-state index in [0.717, 1.165) is 23.3 Å². The zero-order valence-electron chi connectivity index (χ0n) is 16.2. The van der Waals surface area contributed by atoms with Crippen molar-refractivity contribution in [1.29, 1.82) is 5.26 Å². The first-order valence-electron chi connectivity index (χ1n) is 9.32. The van der Waals surface area contributed by atoms with Gasteiger partial charge in [0.25, 0.3) is 0 Å². The Bertz CT molecular complexity index is 916. The number of hydrogen-bond acceptors (Lipinski definition) is 4. The number of rotatable bonds is 5. The maximum absolute atomic E-state index is 11.8. The van der Waals surface area contributed by atoms with Gasteiger partial charge in [-0.05, 0) is 35.9 Å². The minimum absolute atomic E-state index is 0.0201. The van der Waals surface area contributed by atoms with Crippen LogP contribution in [0.5, 0.6) is 11.5 Å². The number of hydrogen-bond donors (Lipinski definition) is 0. The Balaban J connectivity index is 1.84. The summed E-state index contributed by atoms with van der Waals surface area (Å²) in [5, 5.41) is 9.45. The lowest BCUT2D eigenvalue weighted by molar-refractivity contribution is -0.129. The van der Waals surface area contributed by atoms with Gasteiger partial charge in [-0.3, -0.25) is 4.79 Å². The predicted octanol–water partition coefficient (Wildman–Crippen LogP) is 4.04. The van der Waals surface area contributed by atoms with Crippen LogP contribution < -0.4 is 9.47 Å². The van der Waals surface area contributed by atoms with Crippen molar-refractivity contribution in [3.05, 3.63) is 60.7 Å². The molecule has 0 unspecified atom stereocenters. The lowest BCUT2D eigenvalue weighted by Crippen LogP contribution is -2.46. The van der Waals surface area contributed by atoms with Crippen LogP contribution in [0.3, 0.4) is 0 Å². The monoisotopic (exact) mass is 376 g/mol. The molecule has 2 atom stereocenters. The molecule has 1 fully saturated rings. The van der Waals surface area contributed by atoms with Crippen LogP contribution in [0.15, 0.2) is 55.1 Å². The molecule has 0 radical (unpaired) electrons. The van der Waals surface area contributed by atoms with Crippen LogP contribution in [0, 0.1) is 17.2 Å². The standard InChI is InChI=1S/C23H24N2O3/c1-4-23(26)25-10-9-21(16(2)15-25)28-19-12-17(14-24)11-18(13-19)20-7-5-6-8-22(20)27-3/h4-8,11-13,16,21H,1,9-10,15H2,2-3H3/t16-,21-/m0/s1. The summed E-state index contributed by atoms with van der Waals surface area (Å²) in [6.45, 7) is 6.90. The van der Waals surface area contributed by atoms with Crippen molar-refractivity contribution >= 4 is 5.91 Å². The molecule has 0 spiro atoms. The van der Waals surface area contributed by atoms with E-state index < -0.39 is 0 Å². The first-order valence-corrected chi connectivity index (χ1v) is 9.32. The molecule has 144 valence electrons. The fourth-order valence-electron chi connectivity index (χ4n) is 3.57. The number of piperidine rings is 1. The molecular formula is C23H24N2O3. The van der Waals surface area contributed by atoms with E-state index in [1.165, 1.54) is 6.08 Å². The first-order chi connectivity index (χ1) is 13.5. The van der Waals surface area contributed by atoms with Crippen molar-refractivity contribution in [2.75, 3.05) is 20.2 Å². The smallest absolute Gasteiger partial charge is 0.245 e. The van der Waals surface area contributed by atoms with Crippen LogP contribution in [-0.4, -0.2) is 37.1 Å². The van der Waals surface area contributed by atoms with E-state index in [2.05, 4.69) is 19.6 Å². The van der Waals surface area contributed by atoms with Crippen LogP contribution in [0.1, 0.15) is 18.9 Å². The lowest BCUT2D eigenvalue weighted by Gasteiger charge is -2.36. The number of carbonyl (C=O) groups excluding carboxylic acids is 1. The van der Waals surface area contributed by atoms with Gasteiger partial charge >= 0.3 is 0 Å². The Morgan fingerprint density at radius 2 is 2.11 bits per heavy atom. The lowest BCUT2D eigenvalue weighted by atomic mass is 9.96. The molecule has 5 heteroatoms. The van der Waals surface area contributed by atoms with E-state index >= 15 is 0 Å². The van der Waals surface area contributed by atoms with Crippen LogP contribution in [0.25, 0.3) is 11.1 Å². The number of amides is 1. The van der Waals surface area contributed by atoms with E-state index in [9.17, 15) is 10.1 Å². The third-order valence-corrected chi connectivity index (χ3v) is 5.05. The third kappa shape index (κ3) is 4.17. The van der Waals surface area contributed by atoms with Crippen LogP contribution in [0.2, 0.25) is 0 Å². The topological polar surface area (TPSA) is 62.6 Å². The molecule has 0 aliphatic carbocycles. The maximum atomic E-state index is 11.8. The summed E-state index contributed by atoms with van der Waals surface area (Å²) < 4.78 is 11.7. The number of benzene rings is 2. The van der Waals surface area contributed by atoms with Crippen LogP contribution >= 0.6 is 0 Å². The Kier molecular flexibility index (Phi) is 6.00. The SMILES string of the molecule is C=CC(=O)N1CC[C@H](Oc2cc(C#N)cc(-c3ccccc3OC)c2)[C@@H](C)C1. The van der Waals surface area contributed by atoms with Gasteiger partial charge in [0.05, 0.1) is 18.7 Å². The Hall–Kier alpha value is -3.26. The highest BCUT2D eigenvalue weighted by Crippen LogP contribution is 2.34. The molecule has 1 heterocycles. The van der Waals surface area contributed by atoms with Crippen molar-refractivity contribution < 1.29 is 14.3 Å². The molecule has 0 N–H and O–H groups in total. The molecule has 2 aromatic carbocycles. The number of likely N-dealkylation sites (tertiary alicyclic amines) is 1. The highest BCUT2D eigenvalue weighted by molar-refractivity contribution is 5.87. The molecule has 0 aromatic heterocycles. The van der Waals surface area contributed by atoms with Crippen LogP contribution in [-0.2, 0) is 4.79 Å². The van der Waals surface area contributed by atoms with Gasteiger partial charge in [0.15, 0.2) is 0 Å². The second-order valence-electron chi connectivity index (χ2n) is 6.97. The fourth-order valence-corrected chi connectivity index (χ4v) is 3.57. The Morgan fingerprint density at radius 3 is 2.79 bits per heavy atom.